The highest BCUT2D eigenvalue weighted by atomic mass is 35.5. The van der Waals surface area contributed by atoms with Crippen molar-refractivity contribution >= 4 is 39.1 Å². The van der Waals surface area contributed by atoms with Crippen molar-refractivity contribution in [2.45, 2.75) is 33.4 Å². The lowest BCUT2D eigenvalue weighted by atomic mass is 10.1. The SMILES string of the molecule is CCNC(=O)[C@@H](C)N(Cc1ccc(Cl)cc1)C(=O)CN(c1cc(C)ccc1OC)S(C)(=O)=O. The topological polar surface area (TPSA) is 96.0 Å². The lowest BCUT2D eigenvalue weighted by molar-refractivity contribution is -0.139. The van der Waals surface area contributed by atoms with Crippen LogP contribution in [0.15, 0.2) is 42.5 Å². The third-order valence-electron chi connectivity index (χ3n) is 5.07. The molecule has 0 aliphatic carbocycles. The lowest BCUT2D eigenvalue weighted by Gasteiger charge is -2.31. The molecule has 8 nitrogen and oxygen atoms in total. The van der Waals surface area contributed by atoms with Crippen LogP contribution >= 0.6 is 11.6 Å². The summed E-state index contributed by atoms with van der Waals surface area (Å²) in [6.45, 7) is 5.23. The Hall–Kier alpha value is -2.78. The Balaban J connectivity index is 2.44. The normalized spacial score (nSPS) is 12.1. The molecule has 0 saturated heterocycles. The van der Waals surface area contributed by atoms with Crippen molar-refractivity contribution in [1.82, 2.24) is 10.2 Å². The first-order valence-corrected chi connectivity index (χ1v) is 12.6. The Morgan fingerprint density at radius 2 is 1.79 bits per heavy atom. The van der Waals surface area contributed by atoms with Crippen LogP contribution in [0.4, 0.5) is 5.69 Å². The molecule has 0 aliphatic rings. The van der Waals surface area contributed by atoms with Crippen LogP contribution in [0.3, 0.4) is 0 Å². The van der Waals surface area contributed by atoms with E-state index in [-0.39, 0.29) is 18.1 Å². The van der Waals surface area contributed by atoms with Crippen molar-refractivity contribution in [2.24, 2.45) is 0 Å². The highest BCUT2D eigenvalue weighted by Gasteiger charge is 2.31. The molecule has 2 rings (SSSR count). The fourth-order valence-electron chi connectivity index (χ4n) is 3.28. The summed E-state index contributed by atoms with van der Waals surface area (Å²) in [6, 6.07) is 11.1. The summed E-state index contributed by atoms with van der Waals surface area (Å²) in [5, 5.41) is 3.26. The second kappa shape index (κ2) is 11.4. The minimum absolute atomic E-state index is 0.108. The Bertz CT molecular complexity index is 1090. The number of hydrogen-bond donors (Lipinski definition) is 1. The molecule has 0 spiro atoms. The summed E-state index contributed by atoms with van der Waals surface area (Å²) in [5.41, 5.74) is 1.81. The molecule has 2 aromatic carbocycles. The van der Waals surface area contributed by atoms with Crippen LogP contribution in [0.5, 0.6) is 5.75 Å². The third kappa shape index (κ3) is 7.10. The molecule has 0 unspecified atom stereocenters. The van der Waals surface area contributed by atoms with Gasteiger partial charge in [0.25, 0.3) is 0 Å². The Labute approximate surface area is 200 Å². The summed E-state index contributed by atoms with van der Waals surface area (Å²) in [7, 11) is -2.41. The first-order chi connectivity index (χ1) is 15.5. The van der Waals surface area contributed by atoms with Gasteiger partial charge in [0.05, 0.1) is 19.1 Å². The van der Waals surface area contributed by atoms with E-state index in [0.29, 0.717) is 17.3 Å². The van der Waals surface area contributed by atoms with E-state index in [0.717, 1.165) is 21.7 Å². The van der Waals surface area contributed by atoms with E-state index in [9.17, 15) is 18.0 Å². The van der Waals surface area contributed by atoms with Crippen LogP contribution in [0.1, 0.15) is 25.0 Å². The van der Waals surface area contributed by atoms with Crippen LogP contribution in [0.2, 0.25) is 5.02 Å². The minimum Gasteiger partial charge on any atom is -0.495 e. The molecule has 0 radical (unpaired) electrons. The Morgan fingerprint density at radius 3 is 2.33 bits per heavy atom. The second-order valence-corrected chi connectivity index (χ2v) is 10.0. The molecule has 1 atom stereocenters. The van der Waals surface area contributed by atoms with Crippen LogP contribution in [-0.4, -0.2) is 57.6 Å². The Kier molecular flexibility index (Phi) is 9.13. The van der Waals surface area contributed by atoms with Gasteiger partial charge >= 0.3 is 0 Å². The van der Waals surface area contributed by atoms with Gasteiger partial charge in [-0.2, -0.15) is 0 Å². The van der Waals surface area contributed by atoms with Crippen LogP contribution in [0.25, 0.3) is 0 Å². The fraction of sp³-hybridized carbons (Fsp3) is 0.391. The average Bonchev–Trinajstić information content (AvgIpc) is 2.75. The van der Waals surface area contributed by atoms with Gasteiger partial charge in [-0.25, -0.2) is 8.42 Å². The van der Waals surface area contributed by atoms with E-state index in [2.05, 4.69) is 5.32 Å². The maximum Gasteiger partial charge on any atom is 0.244 e. The quantitative estimate of drug-likeness (QED) is 0.546. The molecule has 0 aliphatic heterocycles. The van der Waals surface area contributed by atoms with Crippen molar-refractivity contribution in [3.05, 3.63) is 58.6 Å². The first kappa shape index (κ1) is 26.5. The number of methoxy groups -OCH3 is 1. The lowest BCUT2D eigenvalue weighted by Crippen LogP contribution is -2.51. The molecule has 1 N–H and O–H groups in total. The van der Waals surface area contributed by atoms with Crippen LogP contribution in [0, 0.1) is 6.92 Å². The number of nitrogens with one attached hydrogen (secondary N) is 1. The van der Waals surface area contributed by atoms with Crippen molar-refractivity contribution in [3.63, 3.8) is 0 Å². The highest BCUT2D eigenvalue weighted by Crippen LogP contribution is 2.31. The maximum atomic E-state index is 13.5. The van der Waals surface area contributed by atoms with Gasteiger partial charge in [0.15, 0.2) is 0 Å². The fourth-order valence-corrected chi connectivity index (χ4v) is 4.25. The highest BCUT2D eigenvalue weighted by molar-refractivity contribution is 7.92. The number of ether oxygens (including phenoxy) is 1. The zero-order chi connectivity index (χ0) is 24.8. The number of amides is 2. The van der Waals surface area contributed by atoms with E-state index in [1.54, 1.807) is 56.3 Å². The number of rotatable bonds is 10. The maximum absolute atomic E-state index is 13.5. The van der Waals surface area contributed by atoms with Crippen LogP contribution in [-0.2, 0) is 26.2 Å². The van der Waals surface area contributed by atoms with Crippen molar-refractivity contribution in [2.75, 3.05) is 30.8 Å². The molecule has 0 fully saturated rings. The van der Waals surface area contributed by atoms with Crippen molar-refractivity contribution in [1.29, 1.82) is 0 Å². The van der Waals surface area contributed by atoms with E-state index in [1.165, 1.54) is 12.0 Å². The first-order valence-electron chi connectivity index (χ1n) is 10.4. The van der Waals surface area contributed by atoms with E-state index in [1.807, 2.05) is 6.92 Å². The van der Waals surface area contributed by atoms with Gasteiger partial charge in [-0.1, -0.05) is 29.8 Å². The van der Waals surface area contributed by atoms with Gasteiger partial charge in [0.2, 0.25) is 21.8 Å². The molecule has 2 aromatic rings. The second-order valence-electron chi connectivity index (χ2n) is 7.66. The number of likely N-dealkylation sites (N-methyl/N-ethyl adjacent to an activating group) is 1. The molecular formula is C23H30ClN3O5S. The number of carbonyl (C=O) groups excluding carboxylic acids is 2. The zero-order valence-corrected chi connectivity index (χ0v) is 21.0. The number of hydrogen-bond acceptors (Lipinski definition) is 5. The standard InChI is InChI=1S/C23H30ClN3O5S/c1-6-25-23(29)17(3)26(14-18-8-10-19(24)11-9-18)22(28)15-27(33(5,30)31)20-13-16(2)7-12-21(20)32-4/h7-13,17H,6,14-15H2,1-5H3,(H,25,29)/t17-/m1/s1. The molecule has 0 heterocycles. The number of sulfonamides is 1. The van der Waals surface area contributed by atoms with Gasteiger partial charge in [-0.3, -0.25) is 13.9 Å². The number of anilines is 1. The molecule has 2 amide bonds. The average molecular weight is 496 g/mol. The minimum atomic E-state index is -3.84. The summed E-state index contributed by atoms with van der Waals surface area (Å²) in [4.78, 5) is 27.4. The summed E-state index contributed by atoms with van der Waals surface area (Å²) >= 11 is 5.96. The molecule has 0 bridgehead atoms. The summed E-state index contributed by atoms with van der Waals surface area (Å²) < 4.78 is 31.7. The largest absolute Gasteiger partial charge is 0.495 e. The van der Waals surface area contributed by atoms with Crippen molar-refractivity contribution < 1.29 is 22.7 Å². The number of nitrogens with zero attached hydrogens (tertiary/aromatic N) is 2. The number of aryl methyl sites for hydroxylation is 1. The molecule has 10 heteroatoms. The Morgan fingerprint density at radius 1 is 1.15 bits per heavy atom. The number of halogens is 1. The summed E-state index contributed by atoms with van der Waals surface area (Å²) in [5.74, 6) is -0.545. The van der Waals surface area contributed by atoms with Gasteiger partial charge in [-0.15, -0.1) is 0 Å². The number of carbonyl (C=O) groups is 2. The molecule has 180 valence electrons. The van der Waals surface area contributed by atoms with E-state index >= 15 is 0 Å². The molecule has 0 saturated carbocycles. The molecular weight excluding hydrogens is 466 g/mol. The zero-order valence-electron chi connectivity index (χ0n) is 19.5. The van der Waals surface area contributed by atoms with Gasteiger partial charge in [0.1, 0.15) is 18.3 Å². The van der Waals surface area contributed by atoms with Gasteiger partial charge in [0, 0.05) is 18.1 Å². The van der Waals surface area contributed by atoms with Gasteiger partial charge < -0.3 is 15.0 Å². The van der Waals surface area contributed by atoms with Crippen molar-refractivity contribution in [3.8, 4) is 5.75 Å². The summed E-state index contributed by atoms with van der Waals surface area (Å²) in [6.07, 6.45) is 1.03. The molecule has 33 heavy (non-hydrogen) atoms. The number of benzene rings is 2. The van der Waals surface area contributed by atoms with E-state index < -0.39 is 28.5 Å². The van der Waals surface area contributed by atoms with E-state index in [4.69, 9.17) is 16.3 Å². The van der Waals surface area contributed by atoms with Gasteiger partial charge in [-0.05, 0) is 56.2 Å². The smallest absolute Gasteiger partial charge is 0.244 e. The molecule has 0 aromatic heterocycles. The predicted octanol–water partition coefficient (Wildman–Crippen LogP) is 2.98. The predicted molar refractivity (Wildman–Crippen MR) is 130 cm³/mol. The monoisotopic (exact) mass is 495 g/mol. The van der Waals surface area contributed by atoms with Crippen LogP contribution < -0.4 is 14.4 Å². The third-order valence-corrected chi connectivity index (χ3v) is 6.45.